The van der Waals surface area contributed by atoms with Gasteiger partial charge in [-0.2, -0.15) is 17.5 Å². The molecule has 1 heterocycles. The van der Waals surface area contributed by atoms with Crippen molar-refractivity contribution in [1.29, 1.82) is 0 Å². The SMILES string of the molecule is CS(=O)(=O)C1CCN(S(=O)(=O)c2ccc(-c3cccc(C(F)(F)F)c3)cc2)CC1. The summed E-state index contributed by atoms with van der Waals surface area (Å²) in [5.74, 6) is 0. The average molecular weight is 448 g/mol. The number of piperidine rings is 1. The highest BCUT2D eigenvalue weighted by Crippen LogP contribution is 2.32. The maximum Gasteiger partial charge on any atom is 0.416 e. The van der Waals surface area contributed by atoms with Crippen LogP contribution in [0.4, 0.5) is 13.2 Å². The molecule has 2 aromatic rings. The Labute approximate surface area is 168 Å². The molecule has 158 valence electrons. The van der Waals surface area contributed by atoms with E-state index in [1.165, 1.54) is 40.7 Å². The number of halogens is 3. The molecule has 0 aromatic heterocycles. The number of rotatable bonds is 4. The Morgan fingerprint density at radius 3 is 2.00 bits per heavy atom. The number of hydrogen-bond acceptors (Lipinski definition) is 4. The molecule has 2 aromatic carbocycles. The van der Waals surface area contributed by atoms with Gasteiger partial charge < -0.3 is 0 Å². The molecular formula is C19H20F3NO4S2. The first kappa shape index (κ1) is 21.8. The first-order valence-electron chi connectivity index (χ1n) is 8.86. The molecule has 0 spiro atoms. The zero-order valence-electron chi connectivity index (χ0n) is 15.6. The molecule has 1 saturated heterocycles. The Bertz CT molecular complexity index is 1090. The molecule has 0 N–H and O–H groups in total. The first-order valence-corrected chi connectivity index (χ1v) is 12.3. The summed E-state index contributed by atoms with van der Waals surface area (Å²) in [6, 6.07) is 10.4. The van der Waals surface area contributed by atoms with Crippen molar-refractivity contribution in [3.8, 4) is 11.1 Å². The van der Waals surface area contributed by atoms with Crippen LogP contribution in [0.2, 0.25) is 0 Å². The van der Waals surface area contributed by atoms with Gasteiger partial charge in [0.1, 0.15) is 9.84 Å². The van der Waals surface area contributed by atoms with Crippen LogP contribution in [0, 0.1) is 0 Å². The molecule has 0 aliphatic carbocycles. The second-order valence-corrected chi connectivity index (χ2v) is 11.3. The van der Waals surface area contributed by atoms with Crippen LogP contribution in [0.15, 0.2) is 53.4 Å². The lowest BCUT2D eigenvalue weighted by atomic mass is 10.0. The van der Waals surface area contributed by atoms with Gasteiger partial charge >= 0.3 is 6.18 Å². The van der Waals surface area contributed by atoms with E-state index in [4.69, 9.17) is 0 Å². The van der Waals surface area contributed by atoms with E-state index in [2.05, 4.69) is 0 Å². The van der Waals surface area contributed by atoms with Crippen LogP contribution in [-0.4, -0.2) is 45.7 Å². The van der Waals surface area contributed by atoms with Crippen molar-refractivity contribution in [1.82, 2.24) is 4.31 Å². The fourth-order valence-corrected chi connectivity index (χ4v) is 5.88. The maximum atomic E-state index is 12.9. The molecule has 29 heavy (non-hydrogen) atoms. The lowest BCUT2D eigenvalue weighted by Gasteiger charge is -2.30. The second kappa shape index (κ2) is 7.73. The molecule has 0 saturated carbocycles. The lowest BCUT2D eigenvalue weighted by Crippen LogP contribution is -2.42. The summed E-state index contributed by atoms with van der Waals surface area (Å²) in [5, 5.41) is -0.544. The summed E-state index contributed by atoms with van der Waals surface area (Å²) in [4.78, 5) is 0.0195. The maximum absolute atomic E-state index is 12.9. The third-order valence-electron chi connectivity index (χ3n) is 5.02. The van der Waals surface area contributed by atoms with Crippen LogP contribution in [-0.2, 0) is 26.0 Å². The summed E-state index contributed by atoms with van der Waals surface area (Å²) < 4.78 is 88.8. The number of sulfonamides is 1. The molecule has 5 nitrogen and oxygen atoms in total. The molecule has 0 atom stereocenters. The van der Waals surface area contributed by atoms with Crippen LogP contribution in [0.5, 0.6) is 0 Å². The highest BCUT2D eigenvalue weighted by atomic mass is 32.2. The van der Waals surface area contributed by atoms with Gasteiger partial charge in [0.25, 0.3) is 0 Å². The fourth-order valence-electron chi connectivity index (χ4n) is 3.34. The highest BCUT2D eigenvalue weighted by molar-refractivity contribution is 7.91. The van der Waals surface area contributed by atoms with Crippen LogP contribution in [0.25, 0.3) is 11.1 Å². The summed E-state index contributed by atoms with van der Waals surface area (Å²) in [6.07, 6.45) is -2.84. The molecular weight excluding hydrogens is 427 g/mol. The summed E-state index contributed by atoms with van der Waals surface area (Å²) >= 11 is 0. The number of benzene rings is 2. The van der Waals surface area contributed by atoms with Crippen LogP contribution >= 0.6 is 0 Å². The van der Waals surface area contributed by atoms with Crippen molar-refractivity contribution in [2.24, 2.45) is 0 Å². The molecule has 0 bridgehead atoms. The quantitative estimate of drug-likeness (QED) is 0.719. The molecule has 0 radical (unpaired) electrons. The molecule has 0 amide bonds. The molecule has 0 unspecified atom stereocenters. The minimum Gasteiger partial charge on any atom is -0.229 e. The van der Waals surface area contributed by atoms with Gasteiger partial charge in [0.15, 0.2) is 0 Å². The van der Waals surface area contributed by atoms with Gasteiger partial charge in [-0.1, -0.05) is 24.3 Å². The normalized spacial score (nSPS) is 17.4. The third kappa shape index (κ3) is 4.81. The van der Waals surface area contributed by atoms with Crippen LogP contribution in [0.3, 0.4) is 0 Å². The van der Waals surface area contributed by atoms with Gasteiger partial charge in [0.05, 0.1) is 15.7 Å². The second-order valence-electron chi connectivity index (χ2n) is 7.04. The monoisotopic (exact) mass is 447 g/mol. The Hall–Kier alpha value is -1.91. The van der Waals surface area contributed by atoms with Crippen molar-refractivity contribution in [2.75, 3.05) is 19.3 Å². The molecule has 3 rings (SSSR count). The van der Waals surface area contributed by atoms with Gasteiger partial charge in [-0.15, -0.1) is 0 Å². The average Bonchev–Trinajstić information content (AvgIpc) is 2.67. The first-order chi connectivity index (χ1) is 13.4. The predicted molar refractivity (Wildman–Crippen MR) is 104 cm³/mol. The summed E-state index contributed by atoms with van der Waals surface area (Å²) in [7, 11) is -7.01. The molecule has 1 fully saturated rings. The van der Waals surface area contributed by atoms with Crippen molar-refractivity contribution >= 4 is 19.9 Å². The third-order valence-corrected chi connectivity index (χ3v) is 8.62. The summed E-state index contributed by atoms with van der Waals surface area (Å²) in [5.41, 5.74) is 0.0176. The number of hydrogen-bond donors (Lipinski definition) is 0. The smallest absolute Gasteiger partial charge is 0.229 e. The highest BCUT2D eigenvalue weighted by Gasteiger charge is 2.33. The van der Waals surface area contributed by atoms with Crippen LogP contribution in [0.1, 0.15) is 18.4 Å². The number of sulfone groups is 1. The van der Waals surface area contributed by atoms with Crippen molar-refractivity contribution in [3.63, 3.8) is 0 Å². The van der Waals surface area contributed by atoms with Crippen molar-refractivity contribution in [3.05, 3.63) is 54.1 Å². The van der Waals surface area contributed by atoms with Crippen molar-refractivity contribution < 1.29 is 30.0 Å². The Morgan fingerprint density at radius 1 is 0.897 bits per heavy atom. The van der Waals surface area contributed by atoms with E-state index >= 15 is 0 Å². The largest absolute Gasteiger partial charge is 0.416 e. The molecule has 10 heteroatoms. The minimum atomic E-state index is -4.46. The van der Waals surface area contributed by atoms with E-state index in [-0.39, 0.29) is 30.8 Å². The van der Waals surface area contributed by atoms with E-state index < -0.39 is 36.9 Å². The van der Waals surface area contributed by atoms with Gasteiger partial charge in [-0.25, -0.2) is 16.8 Å². The molecule has 1 aliphatic rings. The number of nitrogens with zero attached hydrogens (tertiary/aromatic N) is 1. The van der Waals surface area contributed by atoms with Crippen molar-refractivity contribution in [2.45, 2.75) is 29.2 Å². The standard InChI is InChI=1S/C19H20F3NO4S2/c1-28(24,25)17-9-11-23(12-10-17)29(26,27)18-7-5-14(6-8-18)15-3-2-4-16(13-15)19(20,21)22/h2-8,13,17H,9-12H2,1H3. The Balaban J connectivity index is 1.80. The van der Waals surface area contributed by atoms with E-state index in [1.807, 2.05) is 0 Å². The zero-order chi connectivity index (χ0) is 21.4. The zero-order valence-corrected chi connectivity index (χ0v) is 17.2. The Morgan fingerprint density at radius 2 is 1.48 bits per heavy atom. The Kier molecular flexibility index (Phi) is 5.81. The fraction of sp³-hybridized carbons (Fsp3) is 0.368. The van der Waals surface area contributed by atoms with Gasteiger partial charge in [0, 0.05) is 19.3 Å². The van der Waals surface area contributed by atoms with Crippen LogP contribution < -0.4 is 0 Å². The predicted octanol–water partition coefficient (Wildman–Crippen LogP) is 3.57. The van der Waals surface area contributed by atoms with Gasteiger partial charge in [-0.3, -0.25) is 0 Å². The molecule has 1 aliphatic heterocycles. The van der Waals surface area contributed by atoms with Gasteiger partial charge in [-0.05, 0) is 48.2 Å². The van der Waals surface area contributed by atoms with E-state index in [1.54, 1.807) is 0 Å². The van der Waals surface area contributed by atoms with E-state index in [0.29, 0.717) is 11.1 Å². The minimum absolute atomic E-state index is 0.0195. The summed E-state index contributed by atoms with van der Waals surface area (Å²) in [6.45, 7) is 0.213. The topological polar surface area (TPSA) is 71.5 Å². The van der Waals surface area contributed by atoms with E-state index in [0.717, 1.165) is 18.4 Å². The van der Waals surface area contributed by atoms with Gasteiger partial charge in [0.2, 0.25) is 10.0 Å². The lowest BCUT2D eigenvalue weighted by molar-refractivity contribution is -0.137. The van der Waals surface area contributed by atoms with E-state index in [9.17, 15) is 30.0 Å². The number of alkyl halides is 3.